The average Bonchev–Trinajstić information content (AvgIpc) is 2.32. The molecule has 0 aliphatic heterocycles. The minimum absolute atomic E-state index is 0.171. The van der Waals surface area contributed by atoms with Gasteiger partial charge in [-0.05, 0) is 31.0 Å². The lowest BCUT2D eigenvalue weighted by Crippen LogP contribution is -2.21. The number of rotatable bonds is 6. The maximum absolute atomic E-state index is 11.3. The number of halogens is 2. The molecule has 0 aromatic heterocycles. The van der Waals surface area contributed by atoms with E-state index in [2.05, 4.69) is 5.32 Å². The molecule has 0 radical (unpaired) electrons. The van der Waals surface area contributed by atoms with E-state index in [1.165, 1.54) is 0 Å². The van der Waals surface area contributed by atoms with Crippen molar-refractivity contribution >= 4 is 34.8 Å². The molecule has 0 unspecified atom stereocenters. The Labute approximate surface area is 118 Å². The van der Waals surface area contributed by atoms with Crippen LogP contribution < -0.4 is 5.32 Å². The lowest BCUT2D eigenvalue weighted by molar-refractivity contribution is -0.128. The van der Waals surface area contributed by atoms with E-state index in [1.54, 1.807) is 31.1 Å². The summed E-state index contributed by atoms with van der Waals surface area (Å²) < 4.78 is 0. The molecule has 1 rings (SSSR count). The monoisotopic (exact) mass is 288 g/mol. The van der Waals surface area contributed by atoms with Crippen LogP contribution in [-0.2, 0) is 4.79 Å². The molecule has 0 saturated heterocycles. The molecule has 0 heterocycles. The normalized spacial score (nSPS) is 10.2. The summed E-state index contributed by atoms with van der Waals surface area (Å²) in [5.74, 6) is 0.171. The fraction of sp³-hybridized carbons (Fsp3) is 0.462. The van der Waals surface area contributed by atoms with E-state index >= 15 is 0 Å². The third-order valence-electron chi connectivity index (χ3n) is 2.56. The Bertz CT molecular complexity index is 408. The van der Waals surface area contributed by atoms with Crippen molar-refractivity contribution in [1.82, 2.24) is 4.90 Å². The van der Waals surface area contributed by atoms with Gasteiger partial charge < -0.3 is 10.2 Å². The fourth-order valence-corrected chi connectivity index (χ4v) is 1.76. The summed E-state index contributed by atoms with van der Waals surface area (Å²) in [5, 5.41) is 4.35. The van der Waals surface area contributed by atoms with Crippen LogP contribution in [0, 0.1) is 0 Å². The second kappa shape index (κ2) is 7.49. The topological polar surface area (TPSA) is 32.3 Å². The van der Waals surface area contributed by atoms with Crippen molar-refractivity contribution in [2.24, 2.45) is 0 Å². The van der Waals surface area contributed by atoms with Crippen molar-refractivity contribution in [3.8, 4) is 0 Å². The average molecular weight is 289 g/mol. The minimum atomic E-state index is 0.171. The third-order valence-corrected chi connectivity index (χ3v) is 3.30. The van der Waals surface area contributed by atoms with Crippen LogP contribution in [0.4, 0.5) is 5.69 Å². The van der Waals surface area contributed by atoms with Gasteiger partial charge in [-0.15, -0.1) is 0 Å². The Morgan fingerprint density at radius 2 is 1.94 bits per heavy atom. The van der Waals surface area contributed by atoms with Crippen LogP contribution in [0.3, 0.4) is 0 Å². The van der Waals surface area contributed by atoms with Gasteiger partial charge in [0.1, 0.15) is 0 Å². The van der Waals surface area contributed by atoms with Gasteiger partial charge in [-0.1, -0.05) is 23.2 Å². The first-order valence-electron chi connectivity index (χ1n) is 5.90. The molecule has 0 spiro atoms. The van der Waals surface area contributed by atoms with Crippen LogP contribution >= 0.6 is 23.2 Å². The van der Waals surface area contributed by atoms with Crippen LogP contribution in [0.5, 0.6) is 0 Å². The van der Waals surface area contributed by atoms with Crippen molar-refractivity contribution < 1.29 is 4.79 Å². The van der Waals surface area contributed by atoms with Gasteiger partial charge in [-0.25, -0.2) is 0 Å². The zero-order chi connectivity index (χ0) is 13.5. The highest BCUT2D eigenvalue weighted by atomic mass is 35.5. The highest BCUT2D eigenvalue weighted by molar-refractivity contribution is 6.42. The molecule has 0 fully saturated rings. The minimum Gasteiger partial charge on any atom is -0.385 e. The van der Waals surface area contributed by atoms with Gasteiger partial charge in [0.05, 0.1) is 10.0 Å². The summed E-state index contributed by atoms with van der Waals surface area (Å²) in [6, 6.07) is 5.45. The molecular weight excluding hydrogens is 271 g/mol. The van der Waals surface area contributed by atoms with Crippen LogP contribution in [0.25, 0.3) is 0 Å². The Hall–Kier alpha value is -0.930. The number of benzene rings is 1. The van der Waals surface area contributed by atoms with Gasteiger partial charge in [0.25, 0.3) is 0 Å². The summed E-state index contributed by atoms with van der Waals surface area (Å²) in [6.45, 7) is 0.818. The standard InChI is InChI=1S/C13H18Cl2N2O/c1-17(2)13(18)5-3-4-8-16-10-6-7-11(14)12(15)9-10/h6-7,9,16H,3-5,8H2,1-2H3. The van der Waals surface area contributed by atoms with Crippen LogP contribution in [0.1, 0.15) is 19.3 Å². The molecule has 1 amide bonds. The van der Waals surface area contributed by atoms with E-state index in [0.717, 1.165) is 25.1 Å². The Kier molecular flexibility index (Phi) is 6.30. The first-order valence-corrected chi connectivity index (χ1v) is 6.65. The van der Waals surface area contributed by atoms with Crippen LogP contribution in [0.15, 0.2) is 18.2 Å². The van der Waals surface area contributed by atoms with E-state index in [4.69, 9.17) is 23.2 Å². The molecule has 5 heteroatoms. The SMILES string of the molecule is CN(C)C(=O)CCCCNc1ccc(Cl)c(Cl)c1. The largest absolute Gasteiger partial charge is 0.385 e. The molecule has 100 valence electrons. The lowest BCUT2D eigenvalue weighted by atomic mass is 10.2. The number of anilines is 1. The number of hydrogen-bond donors (Lipinski definition) is 1. The maximum Gasteiger partial charge on any atom is 0.222 e. The first-order chi connectivity index (χ1) is 8.50. The van der Waals surface area contributed by atoms with E-state index in [1.807, 2.05) is 6.07 Å². The maximum atomic E-state index is 11.3. The number of carbonyl (C=O) groups is 1. The van der Waals surface area contributed by atoms with Gasteiger partial charge in [0.2, 0.25) is 5.91 Å². The second-order valence-electron chi connectivity index (χ2n) is 4.30. The molecule has 0 saturated carbocycles. The lowest BCUT2D eigenvalue weighted by Gasteiger charge is -2.10. The number of carbonyl (C=O) groups excluding carboxylic acids is 1. The number of nitrogens with one attached hydrogen (secondary N) is 1. The smallest absolute Gasteiger partial charge is 0.222 e. The third kappa shape index (κ3) is 5.15. The van der Waals surface area contributed by atoms with Crippen LogP contribution in [-0.4, -0.2) is 31.4 Å². The summed E-state index contributed by atoms with van der Waals surface area (Å²) in [7, 11) is 3.55. The molecule has 0 atom stereocenters. The molecule has 1 aromatic carbocycles. The van der Waals surface area contributed by atoms with Crippen molar-refractivity contribution in [2.45, 2.75) is 19.3 Å². The van der Waals surface area contributed by atoms with Gasteiger partial charge in [-0.3, -0.25) is 4.79 Å². The van der Waals surface area contributed by atoms with Crippen molar-refractivity contribution in [2.75, 3.05) is 26.0 Å². The first kappa shape index (κ1) is 15.1. The van der Waals surface area contributed by atoms with Gasteiger partial charge in [0, 0.05) is 32.7 Å². The van der Waals surface area contributed by atoms with Gasteiger partial charge >= 0.3 is 0 Å². The number of amides is 1. The second-order valence-corrected chi connectivity index (χ2v) is 5.12. The Balaban J connectivity index is 2.22. The molecule has 1 N–H and O–H groups in total. The molecule has 3 nitrogen and oxygen atoms in total. The molecule has 18 heavy (non-hydrogen) atoms. The molecule has 0 aliphatic rings. The predicted octanol–water partition coefficient (Wildman–Crippen LogP) is 3.66. The highest BCUT2D eigenvalue weighted by Crippen LogP contribution is 2.24. The Morgan fingerprint density at radius 1 is 1.22 bits per heavy atom. The number of nitrogens with zero attached hydrogens (tertiary/aromatic N) is 1. The summed E-state index contributed by atoms with van der Waals surface area (Å²) in [6.07, 6.45) is 2.42. The fourth-order valence-electron chi connectivity index (χ4n) is 1.46. The van der Waals surface area contributed by atoms with E-state index in [0.29, 0.717) is 16.5 Å². The molecule has 0 aliphatic carbocycles. The molecule has 0 bridgehead atoms. The van der Waals surface area contributed by atoms with E-state index < -0.39 is 0 Å². The molecular formula is C13H18Cl2N2O. The number of hydrogen-bond acceptors (Lipinski definition) is 2. The van der Waals surface area contributed by atoms with Crippen molar-refractivity contribution in [1.29, 1.82) is 0 Å². The number of unbranched alkanes of at least 4 members (excludes halogenated alkanes) is 1. The van der Waals surface area contributed by atoms with Crippen molar-refractivity contribution in [3.63, 3.8) is 0 Å². The highest BCUT2D eigenvalue weighted by Gasteiger charge is 2.03. The zero-order valence-corrected chi connectivity index (χ0v) is 12.2. The molecule has 1 aromatic rings. The summed E-state index contributed by atoms with van der Waals surface area (Å²) >= 11 is 11.7. The van der Waals surface area contributed by atoms with E-state index in [-0.39, 0.29) is 5.91 Å². The zero-order valence-electron chi connectivity index (χ0n) is 10.7. The van der Waals surface area contributed by atoms with Crippen molar-refractivity contribution in [3.05, 3.63) is 28.2 Å². The quantitative estimate of drug-likeness (QED) is 0.810. The Morgan fingerprint density at radius 3 is 2.56 bits per heavy atom. The van der Waals surface area contributed by atoms with Gasteiger partial charge in [0.15, 0.2) is 0 Å². The van der Waals surface area contributed by atoms with E-state index in [9.17, 15) is 4.79 Å². The summed E-state index contributed by atoms with van der Waals surface area (Å²) in [4.78, 5) is 12.9. The van der Waals surface area contributed by atoms with Gasteiger partial charge in [-0.2, -0.15) is 0 Å². The van der Waals surface area contributed by atoms with Crippen LogP contribution in [0.2, 0.25) is 10.0 Å². The summed E-state index contributed by atoms with van der Waals surface area (Å²) in [5.41, 5.74) is 0.948. The predicted molar refractivity (Wildman–Crippen MR) is 77.5 cm³/mol.